The molecule has 3 nitrogen and oxygen atoms in total. The molecule has 4 heteroatoms. The van der Waals surface area contributed by atoms with Crippen LogP contribution in [0.15, 0.2) is 18.2 Å². The lowest BCUT2D eigenvalue weighted by atomic mass is 10.1. The highest BCUT2D eigenvalue weighted by Crippen LogP contribution is 2.17. The van der Waals surface area contributed by atoms with Crippen molar-refractivity contribution in [2.24, 2.45) is 5.73 Å². The molecule has 1 amide bonds. The predicted molar refractivity (Wildman–Crippen MR) is 60.5 cm³/mol. The second kappa shape index (κ2) is 5.61. The third kappa shape index (κ3) is 3.44. The third-order valence-electron chi connectivity index (χ3n) is 2.01. The maximum atomic E-state index is 11.0. The molecule has 0 saturated heterocycles. The van der Waals surface area contributed by atoms with Crippen molar-refractivity contribution in [3.05, 3.63) is 29.3 Å². The van der Waals surface area contributed by atoms with E-state index in [1.165, 1.54) is 0 Å². The summed E-state index contributed by atoms with van der Waals surface area (Å²) in [5, 5.41) is 0. The average molecular weight is 228 g/mol. The van der Waals surface area contributed by atoms with E-state index in [-0.39, 0.29) is 0 Å². The molecule has 1 aromatic carbocycles. The van der Waals surface area contributed by atoms with Crippen LogP contribution in [0, 0.1) is 6.92 Å². The van der Waals surface area contributed by atoms with Crippen LogP contribution in [0.25, 0.3) is 0 Å². The summed E-state index contributed by atoms with van der Waals surface area (Å²) in [6.07, 6.45) is 0.804. The number of carbonyl (C=O) groups is 1. The summed E-state index contributed by atoms with van der Waals surface area (Å²) in [5.41, 5.74) is 6.54. The summed E-state index contributed by atoms with van der Waals surface area (Å²) in [5.74, 6) is 0.903. The largest absolute Gasteiger partial charge is 0.494 e. The lowest BCUT2D eigenvalue weighted by Crippen LogP contribution is -2.12. The van der Waals surface area contributed by atoms with E-state index in [2.05, 4.69) is 0 Å². The van der Waals surface area contributed by atoms with E-state index in [0.717, 1.165) is 17.7 Å². The quantitative estimate of drug-likeness (QED) is 0.619. The molecular formula is C11H14ClNO2. The number of benzene rings is 1. The Bertz CT molecular complexity index is 352. The zero-order valence-corrected chi connectivity index (χ0v) is 9.38. The lowest BCUT2D eigenvalue weighted by Gasteiger charge is -2.07. The predicted octanol–water partition coefficient (Wildman–Crippen LogP) is 2.10. The van der Waals surface area contributed by atoms with E-state index in [1.807, 2.05) is 6.92 Å². The van der Waals surface area contributed by atoms with Gasteiger partial charge in [-0.3, -0.25) is 4.79 Å². The number of alkyl halides is 1. The molecule has 0 aliphatic carbocycles. The van der Waals surface area contributed by atoms with Gasteiger partial charge in [0.15, 0.2) is 0 Å². The van der Waals surface area contributed by atoms with Gasteiger partial charge in [-0.25, -0.2) is 0 Å². The Morgan fingerprint density at radius 1 is 1.53 bits per heavy atom. The molecule has 0 saturated carbocycles. The monoisotopic (exact) mass is 227 g/mol. The molecule has 1 aromatic rings. The number of hydrogen-bond donors (Lipinski definition) is 1. The number of aryl methyl sites for hydroxylation is 1. The highest BCUT2D eigenvalue weighted by molar-refractivity contribution is 6.17. The molecule has 82 valence electrons. The number of rotatable bonds is 5. The molecule has 0 fully saturated rings. The maximum absolute atomic E-state index is 11.0. The van der Waals surface area contributed by atoms with Crippen LogP contribution in [0.3, 0.4) is 0 Å². The van der Waals surface area contributed by atoms with Crippen molar-refractivity contribution in [1.82, 2.24) is 0 Å². The minimum Gasteiger partial charge on any atom is -0.494 e. The van der Waals surface area contributed by atoms with Gasteiger partial charge in [0.2, 0.25) is 5.91 Å². The summed E-state index contributed by atoms with van der Waals surface area (Å²) < 4.78 is 5.43. The molecule has 2 N–H and O–H groups in total. The van der Waals surface area contributed by atoms with Crippen molar-refractivity contribution in [2.45, 2.75) is 13.3 Å². The number of hydrogen-bond acceptors (Lipinski definition) is 2. The molecule has 0 atom stereocenters. The van der Waals surface area contributed by atoms with Crippen molar-refractivity contribution in [2.75, 3.05) is 12.5 Å². The molecule has 0 spiro atoms. The fraction of sp³-hybridized carbons (Fsp3) is 0.364. The second-order valence-corrected chi connectivity index (χ2v) is 3.61. The van der Waals surface area contributed by atoms with Crippen LogP contribution in [-0.4, -0.2) is 18.4 Å². The van der Waals surface area contributed by atoms with Crippen LogP contribution < -0.4 is 10.5 Å². The zero-order chi connectivity index (χ0) is 11.3. The molecule has 0 heterocycles. The fourth-order valence-corrected chi connectivity index (χ4v) is 1.36. The number of nitrogens with two attached hydrogens (primary N) is 1. The van der Waals surface area contributed by atoms with Gasteiger partial charge >= 0.3 is 0 Å². The first kappa shape index (κ1) is 11.9. The van der Waals surface area contributed by atoms with E-state index in [1.54, 1.807) is 18.2 Å². The topological polar surface area (TPSA) is 52.3 Å². The molecule has 0 aliphatic heterocycles. The van der Waals surface area contributed by atoms with Crippen molar-refractivity contribution in [1.29, 1.82) is 0 Å². The van der Waals surface area contributed by atoms with Crippen molar-refractivity contribution in [3.8, 4) is 5.75 Å². The molecule has 1 rings (SSSR count). The summed E-state index contributed by atoms with van der Waals surface area (Å²) >= 11 is 5.52. The molecule has 0 aliphatic rings. The first-order chi connectivity index (χ1) is 7.15. The highest BCUT2D eigenvalue weighted by atomic mass is 35.5. The van der Waals surface area contributed by atoms with E-state index < -0.39 is 5.91 Å². The number of halogens is 1. The summed E-state index contributed by atoms with van der Waals surface area (Å²) in [7, 11) is 0. The van der Waals surface area contributed by atoms with Crippen LogP contribution in [0.1, 0.15) is 22.3 Å². The van der Waals surface area contributed by atoms with Crippen LogP contribution >= 0.6 is 11.6 Å². The molecule has 0 unspecified atom stereocenters. The smallest absolute Gasteiger partial charge is 0.248 e. The Kier molecular flexibility index (Phi) is 4.43. The standard InChI is InChI=1S/C11H14ClNO2/c1-8-7-9(15-6-2-5-12)3-4-10(8)11(13)14/h3-4,7H,2,5-6H2,1H3,(H2,13,14). The van der Waals surface area contributed by atoms with Crippen molar-refractivity contribution >= 4 is 17.5 Å². The number of ether oxygens (including phenoxy) is 1. The fourth-order valence-electron chi connectivity index (χ4n) is 1.25. The van der Waals surface area contributed by atoms with Gasteiger partial charge in [0.25, 0.3) is 0 Å². The van der Waals surface area contributed by atoms with Gasteiger partial charge in [0, 0.05) is 11.4 Å². The van der Waals surface area contributed by atoms with Gasteiger partial charge in [0.1, 0.15) is 5.75 Å². The SMILES string of the molecule is Cc1cc(OCCCCl)ccc1C(N)=O. The summed E-state index contributed by atoms with van der Waals surface area (Å²) in [6.45, 7) is 2.41. The van der Waals surface area contributed by atoms with Gasteiger partial charge in [-0.15, -0.1) is 11.6 Å². The maximum Gasteiger partial charge on any atom is 0.248 e. The first-order valence-electron chi connectivity index (χ1n) is 4.74. The van der Waals surface area contributed by atoms with Gasteiger partial charge in [-0.1, -0.05) is 0 Å². The van der Waals surface area contributed by atoms with Crippen molar-refractivity contribution in [3.63, 3.8) is 0 Å². The second-order valence-electron chi connectivity index (χ2n) is 3.23. The number of amides is 1. The minimum atomic E-state index is -0.417. The normalized spacial score (nSPS) is 10.0. The Balaban J connectivity index is 2.69. The van der Waals surface area contributed by atoms with Crippen LogP contribution in [0.4, 0.5) is 0 Å². The van der Waals surface area contributed by atoms with E-state index in [4.69, 9.17) is 22.1 Å². The third-order valence-corrected chi connectivity index (χ3v) is 2.28. The first-order valence-corrected chi connectivity index (χ1v) is 5.28. The molecule has 0 bridgehead atoms. The minimum absolute atomic E-state index is 0.417. The number of carbonyl (C=O) groups excluding carboxylic acids is 1. The van der Waals surface area contributed by atoms with E-state index >= 15 is 0 Å². The molecule has 0 radical (unpaired) electrons. The molecule has 15 heavy (non-hydrogen) atoms. The van der Waals surface area contributed by atoms with Crippen LogP contribution in [0.5, 0.6) is 5.75 Å². The Morgan fingerprint density at radius 2 is 2.27 bits per heavy atom. The van der Waals surface area contributed by atoms with Gasteiger partial charge in [0.05, 0.1) is 6.61 Å². The number of primary amides is 1. The van der Waals surface area contributed by atoms with Gasteiger partial charge < -0.3 is 10.5 Å². The lowest BCUT2D eigenvalue weighted by molar-refractivity contribution is 0.0999. The van der Waals surface area contributed by atoms with Gasteiger partial charge in [-0.05, 0) is 37.1 Å². The Hall–Kier alpha value is -1.22. The van der Waals surface area contributed by atoms with Crippen LogP contribution in [0.2, 0.25) is 0 Å². The highest BCUT2D eigenvalue weighted by Gasteiger charge is 2.05. The Labute approximate surface area is 94.2 Å². The van der Waals surface area contributed by atoms with Gasteiger partial charge in [-0.2, -0.15) is 0 Å². The molecule has 0 aromatic heterocycles. The zero-order valence-electron chi connectivity index (χ0n) is 8.63. The summed E-state index contributed by atoms with van der Waals surface area (Å²) in [4.78, 5) is 11.0. The van der Waals surface area contributed by atoms with E-state index in [9.17, 15) is 4.79 Å². The molecular weight excluding hydrogens is 214 g/mol. The van der Waals surface area contributed by atoms with Crippen LogP contribution in [-0.2, 0) is 0 Å². The average Bonchev–Trinajstić information content (AvgIpc) is 2.17. The Morgan fingerprint density at radius 3 is 2.80 bits per heavy atom. The van der Waals surface area contributed by atoms with Crippen molar-refractivity contribution < 1.29 is 9.53 Å². The summed E-state index contributed by atoms with van der Waals surface area (Å²) in [6, 6.07) is 5.21. The van der Waals surface area contributed by atoms with E-state index in [0.29, 0.717) is 18.1 Å².